The number of rotatable bonds is 6. The number of carbonyl (C=O) groups excluding carboxylic acids is 1. The highest BCUT2D eigenvalue weighted by molar-refractivity contribution is 7.92. The fourth-order valence-electron chi connectivity index (χ4n) is 2.89. The zero-order valence-corrected chi connectivity index (χ0v) is 17.9. The van der Waals surface area contributed by atoms with Crippen molar-refractivity contribution < 1.29 is 13.2 Å². The summed E-state index contributed by atoms with van der Waals surface area (Å²) in [5.74, 6) is -0.427. The lowest BCUT2D eigenvalue weighted by Crippen LogP contribution is -2.41. The van der Waals surface area contributed by atoms with Gasteiger partial charge in [-0.15, -0.1) is 0 Å². The second-order valence-electron chi connectivity index (χ2n) is 6.55. The first-order valence-electron chi connectivity index (χ1n) is 8.27. The van der Waals surface area contributed by atoms with Crippen LogP contribution in [-0.4, -0.2) is 27.1 Å². The number of hydrogen-bond donors (Lipinski definition) is 1. The summed E-state index contributed by atoms with van der Waals surface area (Å²) < 4.78 is 25.4. The quantitative estimate of drug-likeness (QED) is 0.747. The van der Waals surface area contributed by atoms with Gasteiger partial charge in [0.1, 0.15) is 6.54 Å². The number of carbonyl (C=O) groups is 1. The van der Waals surface area contributed by atoms with E-state index in [1.807, 2.05) is 39.0 Å². The fraction of sp³-hybridized carbons (Fsp3) is 0.316. The molecule has 146 valence electrons. The molecule has 0 unspecified atom stereocenters. The second kappa shape index (κ2) is 8.50. The van der Waals surface area contributed by atoms with Crippen molar-refractivity contribution in [2.75, 3.05) is 17.1 Å². The van der Waals surface area contributed by atoms with Crippen LogP contribution in [0.3, 0.4) is 0 Å². The summed E-state index contributed by atoms with van der Waals surface area (Å²) in [6, 6.07) is 10.1. The zero-order valence-electron chi connectivity index (χ0n) is 15.6. The van der Waals surface area contributed by atoms with Crippen LogP contribution in [0.25, 0.3) is 0 Å². The van der Waals surface area contributed by atoms with E-state index < -0.39 is 15.9 Å². The number of nitrogens with one attached hydrogen (secondary N) is 1. The molecule has 0 saturated heterocycles. The molecule has 2 aromatic carbocycles. The first kappa shape index (κ1) is 21.5. The average Bonchev–Trinajstić information content (AvgIpc) is 2.50. The van der Waals surface area contributed by atoms with E-state index in [1.54, 1.807) is 0 Å². The molecule has 5 nitrogen and oxygen atoms in total. The van der Waals surface area contributed by atoms with Crippen LogP contribution in [0.5, 0.6) is 0 Å². The SMILES string of the molecule is Cc1ccc([C@H](C)NC(=O)CN(c2cc(Cl)cc(Cl)c2)S(C)(=O)=O)c(C)c1. The van der Waals surface area contributed by atoms with Crippen LogP contribution in [0.4, 0.5) is 5.69 Å². The molecule has 1 N–H and O–H groups in total. The fourth-order valence-corrected chi connectivity index (χ4v) is 4.24. The Morgan fingerprint density at radius 2 is 1.70 bits per heavy atom. The molecule has 0 saturated carbocycles. The van der Waals surface area contributed by atoms with Crippen molar-refractivity contribution in [3.8, 4) is 0 Å². The predicted octanol–water partition coefficient (Wildman–Crippen LogP) is 4.25. The highest BCUT2D eigenvalue weighted by Crippen LogP contribution is 2.27. The molecule has 0 aliphatic heterocycles. The van der Waals surface area contributed by atoms with Crippen LogP contribution >= 0.6 is 23.2 Å². The summed E-state index contributed by atoms with van der Waals surface area (Å²) >= 11 is 11.9. The van der Waals surface area contributed by atoms with Gasteiger partial charge in [0.05, 0.1) is 18.0 Å². The van der Waals surface area contributed by atoms with Crippen molar-refractivity contribution in [2.45, 2.75) is 26.8 Å². The molecule has 0 heterocycles. The van der Waals surface area contributed by atoms with E-state index in [0.29, 0.717) is 0 Å². The molecule has 0 aromatic heterocycles. The number of benzene rings is 2. The van der Waals surface area contributed by atoms with Crippen LogP contribution in [0, 0.1) is 13.8 Å². The number of amides is 1. The van der Waals surface area contributed by atoms with Crippen molar-refractivity contribution in [3.63, 3.8) is 0 Å². The lowest BCUT2D eigenvalue weighted by Gasteiger charge is -2.24. The minimum atomic E-state index is -3.71. The molecule has 1 atom stereocenters. The third-order valence-electron chi connectivity index (χ3n) is 4.09. The van der Waals surface area contributed by atoms with Crippen LogP contribution < -0.4 is 9.62 Å². The molecule has 27 heavy (non-hydrogen) atoms. The number of halogens is 2. The van der Waals surface area contributed by atoms with Crippen LogP contribution in [0.1, 0.15) is 29.7 Å². The van der Waals surface area contributed by atoms with Gasteiger partial charge in [0, 0.05) is 10.0 Å². The van der Waals surface area contributed by atoms with E-state index in [2.05, 4.69) is 5.32 Å². The average molecular weight is 429 g/mol. The van der Waals surface area contributed by atoms with Gasteiger partial charge in [-0.2, -0.15) is 0 Å². The number of hydrogen-bond acceptors (Lipinski definition) is 3. The normalized spacial score (nSPS) is 12.5. The smallest absolute Gasteiger partial charge is 0.241 e. The zero-order chi connectivity index (χ0) is 20.4. The minimum absolute atomic E-state index is 0.240. The molecule has 1 amide bonds. The summed E-state index contributed by atoms with van der Waals surface area (Å²) in [5.41, 5.74) is 3.41. The monoisotopic (exact) mass is 428 g/mol. The molecule has 0 fully saturated rings. The Morgan fingerprint density at radius 3 is 2.22 bits per heavy atom. The number of anilines is 1. The Kier molecular flexibility index (Phi) is 6.78. The van der Waals surface area contributed by atoms with E-state index in [0.717, 1.165) is 27.3 Å². The van der Waals surface area contributed by atoms with E-state index in [9.17, 15) is 13.2 Å². The third-order valence-corrected chi connectivity index (χ3v) is 5.67. The predicted molar refractivity (Wildman–Crippen MR) is 111 cm³/mol. The van der Waals surface area contributed by atoms with Gasteiger partial charge in [0.25, 0.3) is 0 Å². The van der Waals surface area contributed by atoms with Crippen LogP contribution in [-0.2, 0) is 14.8 Å². The second-order valence-corrected chi connectivity index (χ2v) is 9.33. The first-order valence-corrected chi connectivity index (χ1v) is 10.9. The molecular formula is C19H22Cl2N2O3S. The van der Waals surface area contributed by atoms with Crippen molar-refractivity contribution in [1.29, 1.82) is 0 Å². The van der Waals surface area contributed by atoms with E-state index in [-0.39, 0.29) is 28.3 Å². The topological polar surface area (TPSA) is 66.5 Å². The van der Waals surface area contributed by atoms with E-state index in [1.165, 1.54) is 18.2 Å². The van der Waals surface area contributed by atoms with Gasteiger partial charge in [-0.1, -0.05) is 47.0 Å². The van der Waals surface area contributed by atoms with Crippen molar-refractivity contribution >= 4 is 44.8 Å². The standard InChI is InChI=1S/C19H22Cl2N2O3S/c1-12-5-6-18(13(2)7-12)14(3)22-19(24)11-23(27(4,25)26)17-9-15(20)8-16(21)10-17/h5-10,14H,11H2,1-4H3,(H,22,24)/t14-/m0/s1. The summed E-state index contributed by atoms with van der Waals surface area (Å²) in [7, 11) is -3.71. The van der Waals surface area contributed by atoms with Crippen LogP contribution in [0.2, 0.25) is 10.0 Å². The third kappa shape index (κ3) is 5.86. The maximum absolute atomic E-state index is 12.5. The maximum Gasteiger partial charge on any atom is 0.241 e. The number of nitrogens with zero attached hydrogens (tertiary/aromatic N) is 1. The van der Waals surface area contributed by atoms with Crippen molar-refractivity contribution in [3.05, 3.63) is 63.1 Å². The molecule has 0 aliphatic rings. The van der Waals surface area contributed by atoms with E-state index in [4.69, 9.17) is 23.2 Å². The lowest BCUT2D eigenvalue weighted by molar-refractivity contribution is -0.120. The number of sulfonamides is 1. The molecule has 0 aliphatic carbocycles. The van der Waals surface area contributed by atoms with Crippen molar-refractivity contribution in [2.24, 2.45) is 0 Å². The molecule has 2 aromatic rings. The molecule has 2 rings (SSSR count). The molecule has 0 bridgehead atoms. The molecule has 0 spiro atoms. The van der Waals surface area contributed by atoms with Crippen molar-refractivity contribution in [1.82, 2.24) is 5.32 Å². The number of aryl methyl sites for hydroxylation is 2. The highest BCUT2D eigenvalue weighted by Gasteiger charge is 2.23. The summed E-state index contributed by atoms with van der Waals surface area (Å²) in [4.78, 5) is 12.5. The maximum atomic E-state index is 12.5. The Balaban J connectivity index is 2.21. The van der Waals surface area contributed by atoms with E-state index >= 15 is 0 Å². The molecular weight excluding hydrogens is 407 g/mol. The van der Waals surface area contributed by atoms with Gasteiger partial charge in [0.15, 0.2) is 0 Å². The Morgan fingerprint density at radius 1 is 1.11 bits per heavy atom. The van der Waals surface area contributed by atoms with Gasteiger partial charge < -0.3 is 5.32 Å². The van der Waals surface area contributed by atoms with Crippen LogP contribution in [0.15, 0.2) is 36.4 Å². The minimum Gasteiger partial charge on any atom is -0.348 e. The summed E-state index contributed by atoms with van der Waals surface area (Å²) in [6.45, 7) is 5.46. The molecule has 0 radical (unpaired) electrons. The highest BCUT2D eigenvalue weighted by atomic mass is 35.5. The summed E-state index contributed by atoms with van der Waals surface area (Å²) in [5, 5.41) is 3.42. The van der Waals surface area contributed by atoms with Gasteiger partial charge in [-0.3, -0.25) is 9.10 Å². The lowest BCUT2D eigenvalue weighted by atomic mass is 10.0. The Bertz CT molecular complexity index is 941. The summed E-state index contributed by atoms with van der Waals surface area (Å²) in [6.07, 6.45) is 1.03. The van der Waals surface area contributed by atoms with Gasteiger partial charge in [-0.25, -0.2) is 8.42 Å². The molecule has 8 heteroatoms. The van der Waals surface area contributed by atoms with Gasteiger partial charge in [0.2, 0.25) is 15.9 Å². The van der Waals surface area contributed by atoms with Gasteiger partial charge >= 0.3 is 0 Å². The largest absolute Gasteiger partial charge is 0.348 e. The van der Waals surface area contributed by atoms with Gasteiger partial charge in [-0.05, 0) is 50.1 Å². The first-order chi connectivity index (χ1) is 12.5. The Hall–Kier alpha value is -1.76. The Labute approximate surface area is 170 Å².